The second-order valence-corrected chi connectivity index (χ2v) is 6.59. The molecule has 0 unspecified atom stereocenters. The number of nitrogens with zero attached hydrogens (tertiary/aromatic N) is 1. The Balaban J connectivity index is 1.39. The van der Waals surface area contributed by atoms with Crippen LogP contribution in [-0.2, 0) is 14.3 Å². The number of carbonyl (C=O) groups is 3. The van der Waals surface area contributed by atoms with E-state index in [0.717, 1.165) is 36.6 Å². The van der Waals surface area contributed by atoms with Crippen LogP contribution in [0.1, 0.15) is 49.0 Å². The third-order valence-corrected chi connectivity index (χ3v) is 4.74. The molecule has 2 N–H and O–H groups in total. The van der Waals surface area contributed by atoms with Crippen LogP contribution in [0.4, 0.5) is 0 Å². The molecule has 138 valence electrons. The van der Waals surface area contributed by atoms with Crippen molar-refractivity contribution in [2.75, 3.05) is 13.2 Å². The maximum absolute atomic E-state index is 12.2. The van der Waals surface area contributed by atoms with E-state index >= 15 is 0 Å². The van der Waals surface area contributed by atoms with Gasteiger partial charge in [0.25, 0.3) is 5.91 Å². The number of aromatic amines is 1. The van der Waals surface area contributed by atoms with Crippen LogP contribution in [0, 0.1) is 5.92 Å². The fourth-order valence-corrected chi connectivity index (χ4v) is 3.26. The summed E-state index contributed by atoms with van der Waals surface area (Å²) in [6, 6.07) is 7.32. The summed E-state index contributed by atoms with van der Waals surface area (Å²) in [5, 5.41) is 10.2. The zero-order valence-electron chi connectivity index (χ0n) is 14.6. The highest BCUT2D eigenvalue weighted by Crippen LogP contribution is 2.24. The fourth-order valence-electron chi connectivity index (χ4n) is 3.26. The lowest BCUT2D eigenvalue weighted by molar-refractivity contribution is -0.149. The molecule has 7 heteroatoms. The Kier molecular flexibility index (Phi) is 5.99. The molecule has 0 bridgehead atoms. The van der Waals surface area contributed by atoms with Crippen LogP contribution in [0.25, 0.3) is 10.9 Å². The summed E-state index contributed by atoms with van der Waals surface area (Å²) < 4.78 is 5.04. The van der Waals surface area contributed by atoms with Crippen molar-refractivity contribution in [3.05, 3.63) is 30.0 Å². The molecule has 1 fully saturated rings. The number of esters is 1. The minimum absolute atomic E-state index is 0.00470. The van der Waals surface area contributed by atoms with Gasteiger partial charge < -0.3 is 10.1 Å². The number of hydrogen-bond donors (Lipinski definition) is 2. The molecule has 1 aromatic heterocycles. The van der Waals surface area contributed by atoms with Crippen LogP contribution < -0.4 is 5.32 Å². The highest BCUT2D eigenvalue weighted by atomic mass is 16.5. The summed E-state index contributed by atoms with van der Waals surface area (Å²) in [6.07, 6.45) is 5.12. The largest absolute Gasteiger partial charge is 0.458 e. The van der Waals surface area contributed by atoms with Gasteiger partial charge >= 0.3 is 5.97 Å². The number of nitrogens with one attached hydrogen (secondary N) is 2. The zero-order chi connectivity index (χ0) is 18.4. The summed E-state index contributed by atoms with van der Waals surface area (Å²) in [7, 11) is 0. The molecule has 2 aromatic rings. The van der Waals surface area contributed by atoms with Gasteiger partial charge in [-0.3, -0.25) is 19.5 Å². The molecule has 1 aliphatic rings. The number of ketones is 1. The van der Waals surface area contributed by atoms with E-state index < -0.39 is 5.97 Å². The maximum Gasteiger partial charge on any atom is 0.308 e. The van der Waals surface area contributed by atoms with Gasteiger partial charge in [0.15, 0.2) is 11.5 Å². The number of rotatable bonds is 7. The minimum atomic E-state index is -0.485. The summed E-state index contributed by atoms with van der Waals surface area (Å²) in [4.78, 5) is 35.9. The number of fused-ring (bicyclic) bond motifs is 1. The van der Waals surface area contributed by atoms with Crippen molar-refractivity contribution < 1.29 is 19.1 Å². The molecule has 0 saturated heterocycles. The fraction of sp³-hybridized carbons (Fsp3) is 0.474. The Morgan fingerprint density at radius 2 is 1.92 bits per heavy atom. The smallest absolute Gasteiger partial charge is 0.308 e. The van der Waals surface area contributed by atoms with Crippen molar-refractivity contribution in [1.82, 2.24) is 15.5 Å². The van der Waals surface area contributed by atoms with Crippen LogP contribution in [0.2, 0.25) is 0 Å². The Bertz CT molecular complexity index is 793. The van der Waals surface area contributed by atoms with Gasteiger partial charge in [-0.25, -0.2) is 0 Å². The molecule has 3 rings (SSSR count). The second-order valence-electron chi connectivity index (χ2n) is 6.59. The Labute approximate surface area is 151 Å². The molecule has 1 aromatic carbocycles. The predicted molar refractivity (Wildman–Crippen MR) is 95.6 cm³/mol. The molecule has 0 spiro atoms. The van der Waals surface area contributed by atoms with Gasteiger partial charge in [-0.2, -0.15) is 5.10 Å². The van der Waals surface area contributed by atoms with E-state index in [1.54, 1.807) is 6.07 Å². The third kappa shape index (κ3) is 4.47. The van der Waals surface area contributed by atoms with Gasteiger partial charge in [0.05, 0.1) is 11.9 Å². The third-order valence-electron chi connectivity index (χ3n) is 4.74. The normalized spacial score (nSPS) is 14.9. The number of para-hydroxylation sites is 1. The molecule has 7 nitrogen and oxygen atoms in total. The molecule has 1 amide bonds. The van der Waals surface area contributed by atoms with Crippen LogP contribution in [0.5, 0.6) is 0 Å². The Morgan fingerprint density at radius 3 is 2.73 bits per heavy atom. The van der Waals surface area contributed by atoms with Gasteiger partial charge in [-0.05, 0) is 18.9 Å². The molecular weight excluding hydrogens is 334 g/mol. The van der Waals surface area contributed by atoms with Gasteiger partial charge in [0.2, 0.25) is 0 Å². The van der Waals surface area contributed by atoms with E-state index in [-0.39, 0.29) is 37.2 Å². The summed E-state index contributed by atoms with van der Waals surface area (Å²) in [5.74, 6) is -0.802. The van der Waals surface area contributed by atoms with E-state index in [1.165, 1.54) is 6.42 Å². The Morgan fingerprint density at radius 1 is 1.15 bits per heavy atom. The number of hydrogen-bond acceptors (Lipinski definition) is 5. The minimum Gasteiger partial charge on any atom is -0.458 e. The van der Waals surface area contributed by atoms with E-state index in [4.69, 9.17) is 4.74 Å². The lowest BCUT2D eigenvalue weighted by atomic mass is 9.86. The SMILES string of the molecule is O=C(CCNC(=O)c1n[nH]c2ccccc12)OCC(=O)C1CCCCC1. The van der Waals surface area contributed by atoms with Crippen molar-refractivity contribution in [2.24, 2.45) is 5.92 Å². The van der Waals surface area contributed by atoms with Crippen LogP contribution in [-0.4, -0.2) is 41.0 Å². The number of carbonyl (C=O) groups excluding carboxylic acids is 3. The molecule has 0 radical (unpaired) electrons. The molecule has 1 aliphatic carbocycles. The maximum atomic E-state index is 12.2. The average Bonchev–Trinajstić information content (AvgIpc) is 3.11. The predicted octanol–water partition coefficient (Wildman–Crippen LogP) is 2.38. The van der Waals surface area contributed by atoms with Gasteiger partial charge in [0.1, 0.15) is 6.61 Å². The average molecular weight is 357 g/mol. The number of benzene rings is 1. The molecule has 26 heavy (non-hydrogen) atoms. The van der Waals surface area contributed by atoms with Crippen molar-refractivity contribution in [3.63, 3.8) is 0 Å². The van der Waals surface area contributed by atoms with Gasteiger partial charge in [0, 0.05) is 17.8 Å². The molecule has 0 atom stereocenters. The topological polar surface area (TPSA) is 101 Å². The number of H-pyrrole nitrogens is 1. The first kappa shape index (κ1) is 18.1. The van der Waals surface area contributed by atoms with Crippen molar-refractivity contribution in [2.45, 2.75) is 38.5 Å². The lowest BCUT2D eigenvalue weighted by Crippen LogP contribution is -2.28. The van der Waals surface area contributed by atoms with Gasteiger partial charge in [-0.1, -0.05) is 37.5 Å². The Hall–Kier alpha value is -2.70. The van der Waals surface area contributed by atoms with Crippen molar-refractivity contribution >= 4 is 28.6 Å². The van der Waals surface area contributed by atoms with E-state index in [9.17, 15) is 14.4 Å². The van der Waals surface area contributed by atoms with Crippen molar-refractivity contribution in [3.8, 4) is 0 Å². The number of amides is 1. The molecule has 0 aliphatic heterocycles. The summed E-state index contributed by atoms with van der Waals surface area (Å²) in [5.41, 5.74) is 1.07. The quantitative estimate of drug-likeness (QED) is 0.741. The van der Waals surface area contributed by atoms with Crippen molar-refractivity contribution in [1.29, 1.82) is 0 Å². The first-order valence-corrected chi connectivity index (χ1v) is 9.05. The molecule has 1 saturated carbocycles. The number of aromatic nitrogens is 2. The van der Waals surface area contributed by atoms with E-state index in [0.29, 0.717) is 5.69 Å². The number of ether oxygens (including phenoxy) is 1. The van der Waals surface area contributed by atoms with Gasteiger partial charge in [-0.15, -0.1) is 0 Å². The second kappa shape index (κ2) is 8.60. The first-order chi connectivity index (χ1) is 12.6. The monoisotopic (exact) mass is 357 g/mol. The first-order valence-electron chi connectivity index (χ1n) is 9.05. The molecule has 1 heterocycles. The van der Waals surface area contributed by atoms with E-state index in [2.05, 4.69) is 15.5 Å². The summed E-state index contributed by atoms with van der Waals surface area (Å²) >= 11 is 0. The van der Waals surface area contributed by atoms with Crippen LogP contribution >= 0.6 is 0 Å². The standard InChI is InChI=1S/C19H23N3O4/c23-16(13-6-2-1-3-7-13)12-26-17(24)10-11-20-19(25)18-14-8-4-5-9-15(14)21-22-18/h4-5,8-9,13H,1-3,6-7,10-12H2,(H,20,25)(H,21,22). The van der Waals surface area contributed by atoms with Crippen LogP contribution in [0.3, 0.4) is 0 Å². The summed E-state index contributed by atoms with van der Waals surface area (Å²) in [6.45, 7) is -0.0298. The van der Waals surface area contributed by atoms with Crippen LogP contribution in [0.15, 0.2) is 24.3 Å². The highest BCUT2D eigenvalue weighted by Gasteiger charge is 2.22. The zero-order valence-corrected chi connectivity index (χ0v) is 14.6. The molecular formula is C19H23N3O4. The van der Waals surface area contributed by atoms with E-state index in [1.807, 2.05) is 18.2 Å². The lowest BCUT2D eigenvalue weighted by Gasteiger charge is -2.19. The highest BCUT2D eigenvalue weighted by molar-refractivity contribution is 6.04. The number of Topliss-reactive ketones (excluding diaryl/α,β-unsaturated/α-hetero) is 1.